The Morgan fingerprint density at radius 2 is 2.05 bits per heavy atom. The topological polar surface area (TPSA) is 102 Å². The number of likely N-dealkylation sites (tertiary alicyclic amines) is 1. The van der Waals surface area contributed by atoms with E-state index >= 15 is 0 Å². The number of nitrogens with two attached hydrogens (primary N) is 2. The molecule has 0 bridgehead atoms. The van der Waals surface area contributed by atoms with Crippen LogP contribution in [0.3, 0.4) is 0 Å². The Hall–Kier alpha value is -1.60. The van der Waals surface area contributed by atoms with Crippen molar-refractivity contribution in [1.82, 2.24) is 4.90 Å². The molecule has 1 atom stereocenters. The molecule has 1 aromatic carbocycles. The molecule has 0 radical (unpaired) electrons. The van der Waals surface area contributed by atoms with Crippen LogP contribution in [0.5, 0.6) is 0 Å². The molecule has 1 fully saturated rings. The monoisotopic (exact) mass is 324 g/mol. The number of piperidine rings is 1. The number of sulfonamides is 1. The largest absolute Gasteiger partial charge is 0.370 e. The highest BCUT2D eigenvalue weighted by Gasteiger charge is 2.17. The smallest absolute Gasteiger partial charge is 0.238 e. The Kier molecular flexibility index (Phi) is 5.42. The van der Waals surface area contributed by atoms with Crippen LogP contribution in [0, 0.1) is 5.92 Å². The molecule has 2 rings (SSSR count). The molecule has 1 aromatic rings. The molecule has 0 spiro atoms. The van der Waals surface area contributed by atoms with Crippen molar-refractivity contribution in [2.24, 2.45) is 21.8 Å². The Morgan fingerprint density at radius 1 is 1.36 bits per heavy atom. The SMILES string of the molecule is CC1CCCN(C(N)=NCCc2ccc(S(N)(=O)=O)cc2)C1. The van der Waals surface area contributed by atoms with Crippen LogP contribution in [0.1, 0.15) is 25.3 Å². The first-order valence-corrected chi connectivity index (χ1v) is 9.07. The third-order valence-corrected chi connectivity index (χ3v) is 4.84. The minimum absolute atomic E-state index is 0.126. The van der Waals surface area contributed by atoms with Gasteiger partial charge in [0, 0.05) is 19.6 Å². The van der Waals surface area contributed by atoms with Gasteiger partial charge >= 0.3 is 0 Å². The third kappa shape index (κ3) is 4.71. The van der Waals surface area contributed by atoms with Gasteiger partial charge in [0.2, 0.25) is 10.0 Å². The first-order chi connectivity index (χ1) is 10.4. The summed E-state index contributed by atoms with van der Waals surface area (Å²) in [5, 5.41) is 5.07. The summed E-state index contributed by atoms with van der Waals surface area (Å²) in [6.45, 7) is 4.76. The van der Waals surface area contributed by atoms with Gasteiger partial charge in [0.1, 0.15) is 0 Å². The minimum atomic E-state index is -3.63. The van der Waals surface area contributed by atoms with E-state index in [1.165, 1.54) is 18.6 Å². The van der Waals surface area contributed by atoms with E-state index in [9.17, 15) is 8.42 Å². The van der Waals surface area contributed by atoms with Crippen LogP contribution in [0.2, 0.25) is 0 Å². The third-order valence-electron chi connectivity index (χ3n) is 3.91. The van der Waals surface area contributed by atoms with Gasteiger partial charge in [-0.2, -0.15) is 0 Å². The number of rotatable bonds is 4. The first-order valence-electron chi connectivity index (χ1n) is 7.53. The molecule has 6 nitrogen and oxygen atoms in total. The molecule has 22 heavy (non-hydrogen) atoms. The van der Waals surface area contributed by atoms with Crippen molar-refractivity contribution in [2.75, 3.05) is 19.6 Å². The molecule has 0 amide bonds. The number of primary sulfonamides is 1. The highest BCUT2D eigenvalue weighted by molar-refractivity contribution is 7.89. The molecule has 1 saturated heterocycles. The molecule has 1 aliphatic rings. The average molecular weight is 324 g/mol. The van der Waals surface area contributed by atoms with E-state index in [1.807, 2.05) is 0 Å². The van der Waals surface area contributed by atoms with E-state index in [0.29, 0.717) is 18.4 Å². The van der Waals surface area contributed by atoms with Gasteiger partial charge in [-0.25, -0.2) is 13.6 Å². The Balaban J connectivity index is 1.88. The van der Waals surface area contributed by atoms with Crippen molar-refractivity contribution in [3.8, 4) is 0 Å². The Labute approximate surface area is 132 Å². The van der Waals surface area contributed by atoms with Crippen molar-refractivity contribution < 1.29 is 8.42 Å². The van der Waals surface area contributed by atoms with Crippen molar-refractivity contribution in [3.05, 3.63) is 29.8 Å². The number of nitrogens with zero attached hydrogens (tertiary/aromatic N) is 2. The molecule has 7 heteroatoms. The van der Waals surface area contributed by atoms with E-state index in [0.717, 1.165) is 31.5 Å². The maximum atomic E-state index is 11.2. The molecule has 1 aliphatic heterocycles. The van der Waals surface area contributed by atoms with Gasteiger partial charge in [0.05, 0.1) is 4.90 Å². The van der Waals surface area contributed by atoms with Crippen molar-refractivity contribution in [1.29, 1.82) is 0 Å². The summed E-state index contributed by atoms with van der Waals surface area (Å²) in [4.78, 5) is 6.69. The van der Waals surface area contributed by atoms with E-state index in [1.54, 1.807) is 12.1 Å². The number of guanidine groups is 1. The Bertz CT molecular complexity index is 625. The van der Waals surface area contributed by atoms with Crippen LogP contribution < -0.4 is 10.9 Å². The second-order valence-electron chi connectivity index (χ2n) is 5.87. The van der Waals surface area contributed by atoms with Crippen molar-refractivity contribution >= 4 is 16.0 Å². The summed E-state index contributed by atoms with van der Waals surface area (Å²) in [7, 11) is -3.63. The first kappa shape index (κ1) is 16.8. The Morgan fingerprint density at radius 3 is 2.64 bits per heavy atom. The van der Waals surface area contributed by atoms with Crippen LogP contribution in [-0.2, 0) is 16.4 Å². The summed E-state index contributed by atoms with van der Waals surface area (Å²) in [6, 6.07) is 6.55. The predicted molar refractivity (Wildman–Crippen MR) is 88.0 cm³/mol. The normalized spacial score (nSPS) is 20.2. The van der Waals surface area contributed by atoms with Gasteiger partial charge in [0.15, 0.2) is 5.96 Å². The quantitative estimate of drug-likeness (QED) is 0.635. The maximum Gasteiger partial charge on any atom is 0.238 e. The average Bonchev–Trinajstić information content (AvgIpc) is 2.47. The molecule has 0 aliphatic carbocycles. The molecular weight excluding hydrogens is 300 g/mol. The lowest BCUT2D eigenvalue weighted by molar-refractivity contribution is 0.270. The molecular formula is C15H24N4O2S. The van der Waals surface area contributed by atoms with Gasteiger partial charge in [-0.15, -0.1) is 0 Å². The molecule has 0 saturated carbocycles. The fourth-order valence-electron chi connectivity index (χ4n) is 2.64. The zero-order valence-electron chi connectivity index (χ0n) is 12.9. The van der Waals surface area contributed by atoms with Gasteiger partial charge in [-0.1, -0.05) is 19.1 Å². The number of benzene rings is 1. The second kappa shape index (κ2) is 7.11. The van der Waals surface area contributed by atoms with Crippen LogP contribution in [0.15, 0.2) is 34.2 Å². The van der Waals surface area contributed by atoms with Crippen molar-refractivity contribution in [3.63, 3.8) is 0 Å². The van der Waals surface area contributed by atoms with Crippen LogP contribution in [0.25, 0.3) is 0 Å². The van der Waals surface area contributed by atoms with Gasteiger partial charge in [0.25, 0.3) is 0 Å². The summed E-state index contributed by atoms with van der Waals surface area (Å²) in [6.07, 6.45) is 3.13. The highest BCUT2D eigenvalue weighted by Crippen LogP contribution is 2.15. The molecule has 4 N–H and O–H groups in total. The van der Waals surface area contributed by atoms with E-state index in [4.69, 9.17) is 10.9 Å². The summed E-state index contributed by atoms with van der Waals surface area (Å²) >= 11 is 0. The zero-order valence-corrected chi connectivity index (χ0v) is 13.7. The van der Waals surface area contributed by atoms with E-state index in [-0.39, 0.29) is 4.90 Å². The molecule has 1 heterocycles. The zero-order chi connectivity index (χ0) is 16.2. The van der Waals surface area contributed by atoms with Gasteiger partial charge in [-0.05, 0) is 42.9 Å². The summed E-state index contributed by atoms with van der Waals surface area (Å²) in [5.41, 5.74) is 7.05. The standard InChI is InChI=1S/C15H24N4O2S/c1-12-3-2-10-19(11-12)15(16)18-9-8-13-4-6-14(7-5-13)22(17,20)21/h4-7,12H,2-3,8-11H2,1H3,(H2,16,18)(H2,17,20,21). The molecule has 0 aromatic heterocycles. The fraction of sp³-hybridized carbons (Fsp3) is 0.533. The van der Waals surface area contributed by atoms with Crippen LogP contribution in [0.4, 0.5) is 0 Å². The van der Waals surface area contributed by atoms with Gasteiger partial charge in [-0.3, -0.25) is 4.99 Å². The fourth-order valence-corrected chi connectivity index (χ4v) is 3.16. The number of hydrogen-bond acceptors (Lipinski definition) is 3. The lowest BCUT2D eigenvalue weighted by Gasteiger charge is -2.31. The number of aliphatic imine (C=N–C) groups is 1. The lowest BCUT2D eigenvalue weighted by atomic mass is 10.0. The predicted octanol–water partition coefficient (Wildman–Crippen LogP) is 0.923. The summed E-state index contributed by atoms with van der Waals surface area (Å²) in [5.74, 6) is 1.26. The van der Waals surface area contributed by atoms with Crippen LogP contribution in [-0.4, -0.2) is 38.9 Å². The van der Waals surface area contributed by atoms with E-state index in [2.05, 4.69) is 16.8 Å². The van der Waals surface area contributed by atoms with Crippen molar-refractivity contribution in [2.45, 2.75) is 31.1 Å². The molecule has 122 valence electrons. The lowest BCUT2D eigenvalue weighted by Crippen LogP contribution is -2.43. The second-order valence-corrected chi connectivity index (χ2v) is 7.43. The maximum absolute atomic E-state index is 11.2. The molecule has 1 unspecified atom stereocenters. The highest BCUT2D eigenvalue weighted by atomic mass is 32.2. The minimum Gasteiger partial charge on any atom is -0.370 e. The summed E-state index contributed by atoms with van der Waals surface area (Å²) < 4.78 is 22.4. The van der Waals surface area contributed by atoms with Crippen LogP contribution >= 0.6 is 0 Å². The van der Waals surface area contributed by atoms with E-state index < -0.39 is 10.0 Å². The number of hydrogen-bond donors (Lipinski definition) is 2. The van der Waals surface area contributed by atoms with Gasteiger partial charge < -0.3 is 10.6 Å².